The summed E-state index contributed by atoms with van der Waals surface area (Å²) in [4.78, 5) is 28.4. The number of carbonyl (C=O) groups is 2. The average Bonchev–Trinajstić information content (AvgIpc) is 3.39. The zero-order valence-corrected chi connectivity index (χ0v) is 21.2. The molecule has 0 atom stereocenters. The fraction of sp³-hybridized carbons (Fsp3) is 0.241. The molecule has 0 aliphatic heterocycles. The van der Waals surface area contributed by atoms with E-state index in [4.69, 9.17) is 0 Å². The Morgan fingerprint density at radius 2 is 1.42 bits per heavy atom. The van der Waals surface area contributed by atoms with Crippen molar-refractivity contribution in [2.75, 3.05) is 18.4 Å². The molecular weight excluding hydrogens is 468 g/mol. The summed E-state index contributed by atoms with van der Waals surface area (Å²) in [5.41, 5.74) is 2.85. The van der Waals surface area contributed by atoms with Crippen molar-refractivity contribution >= 4 is 28.3 Å². The van der Waals surface area contributed by atoms with Crippen LogP contribution in [0.1, 0.15) is 43.2 Å². The van der Waals surface area contributed by atoms with Gasteiger partial charge in [-0.05, 0) is 17.5 Å². The van der Waals surface area contributed by atoms with E-state index in [0.29, 0.717) is 18.2 Å². The van der Waals surface area contributed by atoms with Crippen molar-refractivity contribution in [3.8, 4) is 10.6 Å². The SMILES string of the molecule is CCCCN(CCC(=O)Nc1nnc(-c2ccccc2)s1)C(=O)C(c1ccccc1)c1ccccc1. The Hall–Kier alpha value is -3.84. The maximum atomic E-state index is 13.9. The van der Waals surface area contributed by atoms with Crippen LogP contribution in [0.5, 0.6) is 0 Å². The Morgan fingerprint density at radius 3 is 2.00 bits per heavy atom. The van der Waals surface area contributed by atoms with E-state index in [1.54, 1.807) is 0 Å². The van der Waals surface area contributed by atoms with Crippen LogP contribution in [0, 0.1) is 0 Å². The summed E-state index contributed by atoms with van der Waals surface area (Å²) in [5.74, 6) is -0.587. The average molecular weight is 499 g/mol. The number of nitrogens with one attached hydrogen (secondary N) is 1. The van der Waals surface area contributed by atoms with Crippen LogP contribution < -0.4 is 5.32 Å². The van der Waals surface area contributed by atoms with Gasteiger partial charge >= 0.3 is 0 Å². The first-order valence-corrected chi connectivity index (χ1v) is 13.0. The van der Waals surface area contributed by atoms with Gasteiger partial charge in [-0.3, -0.25) is 9.59 Å². The van der Waals surface area contributed by atoms with E-state index in [9.17, 15) is 9.59 Å². The lowest BCUT2D eigenvalue weighted by molar-refractivity contribution is -0.132. The highest BCUT2D eigenvalue weighted by atomic mass is 32.1. The molecule has 0 aliphatic rings. The summed E-state index contributed by atoms with van der Waals surface area (Å²) < 4.78 is 0. The zero-order chi connectivity index (χ0) is 25.2. The molecule has 6 nitrogen and oxygen atoms in total. The molecule has 0 saturated carbocycles. The highest BCUT2D eigenvalue weighted by Crippen LogP contribution is 2.28. The van der Waals surface area contributed by atoms with Crippen LogP contribution in [-0.4, -0.2) is 40.0 Å². The van der Waals surface area contributed by atoms with E-state index in [2.05, 4.69) is 22.4 Å². The summed E-state index contributed by atoms with van der Waals surface area (Å²) in [6.07, 6.45) is 2.02. The molecule has 0 fully saturated rings. The first-order valence-electron chi connectivity index (χ1n) is 12.2. The molecule has 1 aromatic heterocycles. The maximum absolute atomic E-state index is 13.9. The highest BCUT2D eigenvalue weighted by Gasteiger charge is 2.27. The van der Waals surface area contributed by atoms with E-state index in [-0.39, 0.29) is 18.2 Å². The number of hydrogen-bond acceptors (Lipinski definition) is 5. The lowest BCUT2D eigenvalue weighted by Gasteiger charge is -2.28. The third-order valence-electron chi connectivity index (χ3n) is 5.91. The topological polar surface area (TPSA) is 75.2 Å². The van der Waals surface area contributed by atoms with Crippen LogP contribution in [0.4, 0.5) is 5.13 Å². The van der Waals surface area contributed by atoms with Crippen molar-refractivity contribution in [3.63, 3.8) is 0 Å². The number of benzene rings is 3. The standard InChI is InChI=1S/C29H30N4O2S/c1-2-3-20-33(28(35)26(22-13-7-4-8-14-22)23-15-9-5-10-16-23)21-19-25(34)30-29-32-31-27(36-29)24-17-11-6-12-18-24/h4-18,26H,2-3,19-21H2,1H3,(H,30,32,34). The molecule has 1 heterocycles. The second kappa shape index (κ2) is 12.7. The zero-order valence-electron chi connectivity index (χ0n) is 20.3. The normalized spacial score (nSPS) is 10.8. The van der Waals surface area contributed by atoms with Crippen LogP contribution in [0.3, 0.4) is 0 Å². The number of rotatable bonds is 11. The van der Waals surface area contributed by atoms with Gasteiger partial charge in [-0.2, -0.15) is 0 Å². The van der Waals surface area contributed by atoms with E-state index in [0.717, 1.165) is 34.5 Å². The van der Waals surface area contributed by atoms with Gasteiger partial charge in [-0.15, -0.1) is 10.2 Å². The van der Waals surface area contributed by atoms with Crippen molar-refractivity contribution in [1.29, 1.82) is 0 Å². The van der Waals surface area contributed by atoms with Crippen molar-refractivity contribution in [3.05, 3.63) is 102 Å². The minimum atomic E-state index is -0.413. The van der Waals surface area contributed by atoms with Crippen LogP contribution in [0.25, 0.3) is 10.6 Å². The third-order valence-corrected chi connectivity index (χ3v) is 6.79. The van der Waals surface area contributed by atoms with Crippen molar-refractivity contribution in [1.82, 2.24) is 15.1 Å². The first-order chi connectivity index (χ1) is 17.7. The lowest BCUT2D eigenvalue weighted by atomic mass is 9.90. The number of nitrogens with zero attached hydrogens (tertiary/aromatic N) is 3. The van der Waals surface area contributed by atoms with Crippen LogP contribution in [0.2, 0.25) is 0 Å². The molecule has 0 saturated heterocycles. The molecule has 0 unspecified atom stereocenters. The number of aromatic nitrogens is 2. The van der Waals surface area contributed by atoms with Gasteiger partial charge in [0.15, 0.2) is 0 Å². The Bertz CT molecular complexity index is 1210. The van der Waals surface area contributed by atoms with E-state index < -0.39 is 5.92 Å². The Kier molecular flexibility index (Phi) is 8.94. The lowest BCUT2D eigenvalue weighted by Crippen LogP contribution is -2.38. The second-order valence-electron chi connectivity index (χ2n) is 8.51. The minimum absolute atomic E-state index is 0.0101. The minimum Gasteiger partial charge on any atom is -0.341 e. The monoisotopic (exact) mass is 498 g/mol. The van der Waals surface area contributed by atoms with E-state index >= 15 is 0 Å². The fourth-order valence-electron chi connectivity index (χ4n) is 4.02. The molecule has 4 aromatic rings. The molecule has 4 rings (SSSR count). The van der Waals surface area contributed by atoms with Gasteiger partial charge in [0.25, 0.3) is 0 Å². The smallest absolute Gasteiger partial charge is 0.234 e. The van der Waals surface area contributed by atoms with Gasteiger partial charge in [-0.25, -0.2) is 0 Å². The maximum Gasteiger partial charge on any atom is 0.234 e. The number of amides is 2. The van der Waals surface area contributed by atoms with Gasteiger partial charge in [0.1, 0.15) is 5.01 Å². The molecule has 2 amide bonds. The molecule has 0 spiro atoms. The quantitative estimate of drug-likeness (QED) is 0.275. The van der Waals surface area contributed by atoms with Gasteiger partial charge in [0, 0.05) is 25.1 Å². The first kappa shape index (κ1) is 25.3. The van der Waals surface area contributed by atoms with Crippen LogP contribution in [-0.2, 0) is 9.59 Å². The Labute approximate surface area is 216 Å². The number of anilines is 1. The molecule has 1 N–H and O–H groups in total. The molecule has 0 bridgehead atoms. The summed E-state index contributed by atoms with van der Waals surface area (Å²) in [6, 6.07) is 29.4. The predicted molar refractivity (Wildman–Crippen MR) is 145 cm³/mol. The Morgan fingerprint density at radius 1 is 0.833 bits per heavy atom. The molecular formula is C29H30N4O2S. The van der Waals surface area contributed by atoms with Gasteiger partial charge < -0.3 is 10.2 Å². The fourth-order valence-corrected chi connectivity index (χ4v) is 4.79. The van der Waals surface area contributed by atoms with Crippen molar-refractivity contribution in [2.24, 2.45) is 0 Å². The summed E-state index contributed by atoms with van der Waals surface area (Å²) in [6.45, 7) is 3.04. The molecule has 0 aliphatic carbocycles. The van der Waals surface area contributed by atoms with Gasteiger partial charge in [0.05, 0.1) is 5.92 Å². The van der Waals surface area contributed by atoms with Gasteiger partial charge in [0.2, 0.25) is 16.9 Å². The molecule has 36 heavy (non-hydrogen) atoms. The van der Waals surface area contributed by atoms with Crippen LogP contribution >= 0.6 is 11.3 Å². The molecule has 7 heteroatoms. The number of hydrogen-bond donors (Lipinski definition) is 1. The number of unbranched alkanes of at least 4 members (excludes halogenated alkanes) is 1. The van der Waals surface area contributed by atoms with Gasteiger partial charge in [-0.1, -0.05) is 116 Å². The van der Waals surface area contributed by atoms with E-state index in [1.165, 1.54) is 11.3 Å². The second-order valence-corrected chi connectivity index (χ2v) is 9.49. The predicted octanol–water partition coefficient (Wildman–Crippen LogP) is 5.99. The summed E-state index contributed by atoms with van der Waals surface area (Å²) in [7, 11) is 0. The van der Waals surface area contributed by atoms with Crippen molar-refractivity contribution in [2.45, 2.75) is 32.1 Å². The molecule has 3 aromatic carbocycles. The number of carbonyl (C=O) groups excluding carboxylic acids is 2. The molecule has 0 radical (unpaired) electrons. The van der Waals surface area contributed by atoms with Crippen molar-refractivity contribution < 1.29 is 9.59 Å². The summed E-state index contributed by atoms with van der Waals surface area (Å²) >= 11 is 1.33. The van der Waals surface area contributed by atoms with Crippen LogP contribution in [0.15, 0.2) is 91.0 Å². The highest BCUT2D eigenvalue weighted by molar-refractivity contribution is 7.18. The Balaban J connectivity index is 1.45. The molecule has 184 valence electrons. The van der Waals surface area contributed by atoms with E-state index in [1.807, 2.05) is 95.9 Å². The third kappa shape index (κ3) is 6.64. The largest absolute Gasteiger partial charge is 0.341 e. The summed E-state index contributed by atoms with van der Waals surface area (Å²) in [5, 5.41) is 12.3.